The molecule has 1 amide bonds. The number of aliphatic hydroxyl groups is 1. The molecule has 0 saturated carbocycles. The number of fused-ring (bicyclic) bond motifs is 1. The maximum Gasteiger partial charge on any atom is 0.301 e. The van der Waals surface area contributed by atoms with Gasteiger partial charge in [-0.15, -0.1) is 10.2 Å². The fourth-order valence-corrected chi connectivity index (χ4v) is 7.90. The van der Waals surface area contributed by atoms with Crippen LogP contribution in [0.1, 0.15) is 47.2 Å². The second-order valence-corrected chi connectivity index (χ2v) is 14.3. The zero-order chi connectivity index (χ0) is 35.3. The molecular weight excluding hydrogens is 679 g/mol. The number of carbonyl (C=O) groups excluding carboxylic acids is 2. The number of ketones is 1. The largest absolute Gasteiger partial charge is 0.507 e. The van der Waals surface area contributed by atoms with E-state index in [-0.39, 0.29) is 16.5 Å². The van der Waals surface area contributed by atoms with Crippen molar-refractivity contribution in [3.05, 3.63) is 149 Å². The van der Waals surface area contributed by atoms with E-state index in [4.69, 9.17) is 9.47 Å². The molecule has 1 N–H and O–H groups in total. The molecule has 0 spiro atoms. The summed E-state index contributed by atoms with van der Waals surface area (Å²) in [6.07, 6.45) is 0.857. The van der Waals surface area contributed by atoms with Crippen LogP contribution < -0.4 is 14.4 Å². The molecule has 7 rings (SSSR count). The molecule has 0 bridgehead atoms. The number of aryl methyl sites for hydroxylation is 1. The first-order valence-electron chi connectivity index (χ1n) is 16.7. The zero-order valence-electron chi connectivity index (χ0n) is 28.1. The highest BCUT2D eigenvalue weighted by atomic mass is 32.2. The molecule has 1 fully saturated rings. The second kappa shape index (κ2) is 15.2. The van der Waals surface area contributed by atoms with Crippen LogP contribution in [0.15, 0.2) is 125 Å². The molecular formula is C41H35N3O5S2. The number of rotatable bonds is 12. The van der Waals surface area contributed by atoms with Crippen molar-refractivity contribution in [3.63, 3.8) is 0 Å². The number of hydrogen-bond donors (Lipinski definition) is 1. The smallest absolute Gasteiger partial charge is 0.301 e. The van der Waals surface area contributed by atoms with Gasteiger partial charge in [0.15, 0.2) is 4.34 Å². The minimum atomic E-state index is -0.939. The minimum Gasteiger partial charge on any atom is -0.507 e. The Labute approximate surface area is 304 Å². The van der Waals surface area contributed by atoms with Gasteiger partial charge in [-0.25, -0.2) is 0 Å². The predicted octanol–water partition coefficient (Wildman–Crippen LogP) is 9.29. The van der Waals surface area contributed by atoms with Crippen molar-refractivity contribution >= 4 is 56.5 Å². The maximum atomic E-state index is 13.8. The molecule has 6 aromatic rings. The van der Waals surface area contributed by atoms with Crippen LogP contribution in [0.5, 0.6) is 11.5 Å². The van der Waals surface area contributed by atoms with E-state index in [1.54, 1.807) is 36.4 Å². The third kappa shape index (κ3) is 7.24. The van der Waals surface area contributed by atoms with Gasteiger partial charge >= 0.3 is 5.91 Å². The summed E-state index contributed by atoms with van der Waals surface area (Å²) in [5.74, 6) is 0.0605. The Morgan fingerprint density at radius 3 is 2.29 bits per heavy atom. The van der Waals surface area contributed by atoms with Crippen molar-refractivity contribution in [2.24, 2.45) is 0 Å². The summed E-state index contributed by atoms with van der Waals surface area (Å²) in [6, 6.07) is 35.6. The molecule has 5 aromatic carbocycles. The van der Waals surface area contributed by atoms with E-state index in [0.717, 1.165) is 28.5 Å². The van der Waals surface area contributed by atoms with Crippen molar-refractivity contribution in [2.75, 3.05) is 11.5 Å². The molecule has 1 saturated heterocycles. The standard InChI is InChI=1S/C41H35N3O5S2/c1-3-23-48-32-19-15-28(16-20-32)36-35(37(45)29-17-21-33(22-18-29)49-24-30-11-5-4-9-26(30)2)38(46)39(47)44(36)40-42-43-41(51-40)50-25-31-13-8-12-27-10-6-7-14-34(27)31/h4-22,36,45H,3,23-25H2,1-2H3/b37-35+. The van der Waals surface area contributed by atoms with E-state index in [9.17, 15) is 14.7 Å². The molecule has 0 aliphatic carbocycles. The number of carbonyl (C=O) groups is 2. The predicted molar refractivity (Wildman–Crippen MR) is 202 cm³/mol. The number of Topliss-reactive ketones (excluding diaryl/α,β-unsaturated/α-hetero) is 1. The summed E-state index contributed by atoms with van der Waals surface area (Å²) >= 11 is 2.75. The minimum absolute atomic E-state index is 0.0315. The van der Waals surface area contributed by atoms with Crippen molar-refractivity contribution in [2.45, 2.75) is 43.0 Å². The summed E-state index contributed by atoms with van der Waals surface area (Å²) < 4.78 is 12.4. The Bertz CT molecular complexity index is 2230. The third-order valence-electron chi connectivity index (χ3n) is 8.73. The van der Waals surface area contributed by atoms with Gasteiger partial charge in [-0.3, -0.25) is 14.5 Å². The van der Waals surface area contributed by atoms with E-state index in [1.165, 1.54) is 33.4 Å². The normalized spacial score (nSPS) is 15.4. The van der Waals surface area contributed by atoms with Gasteiger partial charge in [-0.2, -0.15) is 0 Å². The SMILES string of the molecule is CCCOc1ccc(C2/C(=C(\O)c3ccc(OCc4ccccc4C)cc3)C(=O)C(=O)N2c2nnc(SCc3cccc4ccccc34)s2)cc1. The molecule has 8 nitrogen and oxygen atoms in total. The number of amides is 1. The topological polar surface area (TPSA) is 102 Å². The Morgan fingerprint density at radius 1 is 0.824 bits per heavy atom. The highest BCUT2D eigenvalue weighted by molar-refractivity contribution is 8.00. The van der Waals surface area contributed by atoms with Crippen LogP contribution >= 0.6 is 23.1 Å². The monoisotopic (exact) mass is 713 g/mol. The number of aliphatic hydroxyl groups excluding tert-OH is 1. The lowest BCUT2D eigenvalue weighted by Crippen LogP contribution is -2.29. The Hall–Kier alpha value is -5.45. The first kappa shape index (κ1) is 34.0. The van der Waals surface area contributed by atoms with Crippen molar-refractivity contribution in [1.82, 2.24) is 10.2 Å². The zero-order valence-corrected chi connectivity index (χ0v) is 29.7. The van der Waals surface area contributed by atoms with Crippen LogP contribution in [0.25, 0.3) is 16.5 Å². The maximum absolute atomic E-state index is 13.8. The van der Waals surface area contributed by atoms with Crippen molar-refractivity contribution in [3.8, 4) is 11.5 Å². The number of hydrogen-bond acceptors (Lipinski definition) is 9. The number of nitrogens with zero attached hydrogens (tertiary/aromatic N) is 3. The molecule has 10 heteroatoms. The fraction of sp³-hybridized carbons (Fsp3) is 0.171. The molecule has 0 radical (unpaired) electrons. The van der Waals surface area contributed by atoms with Gasteiger partial charge in [-0.1, -0.05) is 109 Å². The lowest BCUT2D eigenvalue weighted by atomic mass is 9.95. The van der Waals surface area contributed by atoms with E-state index in [2.05, 4.69) is 34.5 Å². The lowest BCUT2D eigenvalue weighted by molar-refractivity contribution is -0.132. The Kier molecular flexibility index (Phi) is 10.1. The highest BCUT2D eigenvalue weighted by Crippen LogP contribution is 2.44. The molecule has 256 valence electrons. The molecule has 1 aromatic heterocycles. The molecule has 1 atom stereocenters. The van der Waals surface area contributed by atoms with Crippen LogP contribution in [0.3, 0.4) is 0 Å². The van der Waals surface area contributed by atoms with Crippen LogP contribution in [0.4, 0.5) is 5.13 Å². The van der Waals surface area contributed by atoms with E-state index in [1.807, 2.05) is 68.4 Å². The molecule has 1 unspecified atom stereocenters. The van der Waals surface area contributed by atoms with Gasteiger partial charge in [0.1, 0.15) is 23.9 Å². The lowest BCUT2D eigenvalue weighted by Gasteiger charge is -2.22. The molecule has 51 heavy (non-hydrogen) atoms. The van der Waals surface area contributed by atoms with Gasteiger partial charge in [-0.05, 0) is 82.8 Å². The summed E-state index contributed by atoms with van der Waals surface area (Å²) in [5, 5.41) is 23.1. The molecule has 1 aliphatic rings. The second-order valence-electron chi connectivity index (χ2n) is 12.1. The Balaban J connectivity index is 1.19. The number of ether oxygens (including phenoxy) is 2. The number of anilines is 1. The summed E-state index contributed by atoms with van der Waals surface area (Å²) in [5.41, 5.74) is 4.34. The highest BCUT2D eigenvalue weighted by Gasteiger charge is 2.48. The van der Waals surface area contributed by atoms with E-state index >= 15 is 0 Å². The number of thioether (sulfide) groups is 1. The first-order valence-corrected chi connectivity index (χ1v) is 18.5. The molecule has 1 aliphatic heterocycles. The fourth-order valence-electron chi connectivity index (χ4n) is 6.03. The average molecular weight is 714 g/mol. The summed E-state index contributed by atoms with van der Waals surface area (Å²) in [6.45, 7) is 5.02. The quantitative estimate of drug-likeness (QED) is 0.0440. The average Bonchev–Trinajstić information content (AvgIpc) is 3.74. The first-order chi connectivity index (χ1) is 24.9. The number of aromatic nitrogens is 2. The van der Waals surface area contributed by atoms with Crippen LogP contribution in [-0.4, -0.2) is 33.6 Å². The van der Waals surface area contributed by atoms with Gasteiger partial charge < -0.3 is 14.6 Å². The van der Waals surface area contributed by atoms with Gasteiger partial charge in [0.25, 0.3) is 5.78 Å². The van der Waals surface area contributed by atoms with Crippen molar-refractivity contribution < 1.29 is 24.2 Å². The van der Waals surface area contributed by atoms with Crippen molar-refractivity contribution in [1.29, 1.82) is 0 Å². The van der Waals surface area contributed by atoms with Crippen LogP contribution in [0, 0.1) is 6.92 Å². The van der Waals surface area contributed by atoms with Crippen LogP contribution in [-0.2, 0) is 21.9 Å². The van der Waals surface area contributed by atoms with E-state index < -0.39 is 17.7 Å². The Morgan fingerprint density at radius 2 is 1.51 bits per heavy atom. The van der Waals surface area contributed by atoms with E-state index in [0.29, 0.717) is 45.9 Å². The number of benzene rings is 5. The molecule has 2 heterocycles. The third-order valence-corrected chi connectivity index (χ3v) is 10.8. The van der Waals surface area contributed by atoms with Crippen LogP contribution in [0.2, 0.25) is 0 Å². The van der Waals surface area contributed by atoms with Gasteiger partial charge in [0.05, 0.1) is 18.2 Å². The van der Waals surface area contributed by atoms with Gasteiger partial charge in [0.2, 0.25) is 5.13 Å². The summed E-state index contributed by atoms with van der Waals surface area (Å²) in [7, 11) is 0. The van der Waals surface area contributed by atoms with Gasteiger partial charge in [0, 0.05) is 11.3 Å². The summed E-state index contributed by atoms with van der Waals surface area (Å²) in [4.78, 5) is 28.9.